The van der Waals surface area contributed by atoms with Crippen LogP contribution >= 0.6 is 12.6 Å². The Morgan fingerprint density at radius 1 is 1.47 bits per heavy atom. The van der Waals surface area contributed by atoms with Crippen LogP contribution in [-0.2, 0) is 17.8 Å². The lowest BCUT2D eigenvalue weighted by atomic mass is 10.1. The van der Waals surface area contributed by atoms with E-state index in [2.05, 4.69) is 42.0 Å². The van der Waals surface area contributed by atoms with Gasteiger partial charge < -0.3 is 10.2 Å². The average molecular weight is 250 g/mol. The molecule has 0 saturated carbocycles. The summed E-state index contributed by atoms with van der Waals surface area (Å²) in [6.45, 7) is 1.98. The van der Waals surface area contributed by atoms with Gasteiger partial charge in [0.15, 0.2) is 0 Å². The first-order valence-electron chi connectivity index (χ1n) is 5.90. The van der Waals surface area contributed by atoms with E-state index in [1.54, 1.807) is 0 Å². The van der Waals surface area contributed by atoms with Crippen molar-refractivity contribution in [1.82, 2.24) is 4.90 Å². The second-order valence-corrected chi connectivity index (χ2v) is 4.98. The van der Waals surface area contributed by atoms with Gasteiger partial charge in [-0.3, -0.25) is 4.79 Å². The van der Waals surface area contributed by atoms with Crippen molar-refractivity contribution < 1.29 is 4.79 Å². The molecule has 0 aromatic heterocycles. The van der Waals surface area contributed by atoms with Gasteiger partial charge in [0, 0.05) is 12.2 Å². The summed E-state index contributed by atoms with van der Waals surface area (Å²) in [6.07, 6.45) is 1.62. The Kier molecular flexibility index (Phi) is 4.07. The van der Waals surface area contributed by atoms with Gasteiger partial charge in [0.25, 0.3) is 0 Å². The molecule has 0 spiro atoms. The van der Waals surface area contributed by atoms with Gasteiger partial charge in [-0.05, 0) is 43.0 Å². The van der Waals surface area contributed by atoms with E-state index in [0.717, 1.165) is 36.5 Å². The molecule has 2 rings (SSSR count). The lowest BCUT2D eigenvalue weighted by Gasteiger charge is -2.16. The van der Waals surface area contributed by atoms with Crippen molar-refractivity contribution in [2.45, 2.75) is 19.4 Å². The summed E-state index contributed by atoms with van der Waals surface area (Å²) in [5.41, 5.74) is 3.36. The molecule has 0 fully saturated rings. The highest BCUT2D eigenvalue weighted by molar-refractivity contribution is 7.80. The molecule has 92 valence electrons. The highest BCUT2D eigenvalue weighted by Gasteiger charge is 2.17. The molecule has 1 N–H and O–H groups in total. The monoisotopic (exact) mass is 250 g/mol. The van der Waals surface area contributed by atoms with Crippen molar-refractivity contribution in [3.63, 3.8) is 0 Å². The summed E-state index contributed by atoms with van der Waals surface area (Å²) in [7, 11) is 2.11. The number of carbonyl (C=O) groups excluding carboxylic acids is 1. The molecule has 0 radical (unpaired) electrons. The van der Waals surface area contributed by atoms with Crippen molar-refractivity contribution in [2.24, 2.45) is 0 Å². The van der Waals surface area contributed by atoms with Gasteiger partial charge in [-0.2, -0.15) is 12.6 Å². The summed E-state index contributed by atoms with van der Waals surface area (Å²) < 4.78 is 0. The van der Waals surface area contributed by atoms with Crippen LogP contribution in [0.5, 0.6) is 0 Å². The van der Waals surface area contributed by atoms with Crippen LogP contribution in [0.25, 0.3) is 0 Å². The van der Waals surface area contributed by atoms with Gasteiger partial charge in [0.1, 0.15) is 0 Å². The first-order chi connectivity index (χ1) is 8.19. The number of nitrogens with zero attached hydrogens (tertiary/aromatic N) is 1. The van der Waals surface area contributed by atoms with Crippen LogP contribution < -0.4 is 5.32 Å². The lowest BCUT2D eigenvalue weighted by Crippen LogP contribution is -2.19. The zero-order valence-corrected chi connectivity index (χ0v) is 11.0. The van der Waals surface area contributed by atoms with Crippen LogP contribution in [0.1, 0.15) is 17.5 Å². The van der Waals surface area contributed by atoms with Gasteiger partial charge in [-0.1, -0.05) is 12.1 Å². The van der Waals surface area contributed by atoms with Crippen LogP contribution in [-0.4, -0.2) is 30.2 Å². The van der Waals surface area contributed by atoms with Gasteiger partial charge in [-0.25, -0.2) is 0 Å². The number of amides is 1. The minimum Gasteiger partial charge on any atom is -0.326 e. The third-order valence-electron chi connectivity index (χ3n) is 2.95. The number of thiol groups is 1. The smallest absolute Gasteiger partial charge is 0.228 e. The summed E-state index contributed by atoms with van der Waals surface area (Å²) in [4.78, 5) is 13.5. The molecule has 0 bridgehead atoms. The fraction of sp³-hybridized carbons (Fsp3) is 0.462. The maximum absolute atomic E-state index is 11.2. The third kappa shape index (κ3) is 3.23. The highest BCUT2D eigenvalue weighted by atomic mass is 32.1. The maximum atomic E-state index is 11.2. The van der Waals surface area contributed by atoms with Crippen LogP contribution in [0.3, 0.4) is 0 Å². The minimum absolute atomic E-state index is 0.0978. The van der Waals surface area contributed by atoms with Crippen LogP contribution in [0.2, 0.25) is 0 Å². The quantitative estimate of drug-likeness (QED) is 0.783. The molecule has 1 aromatic carbocycles. The number of anilines is 1. The predicted octanol–water partition coefficient (Wildman–Crippen LogP) is 1.93. The summed E-state index contributed by atoms with van der Waals surface area (Å²) >= 11 is 4.21. The van der Waals surface area contributed by atoms with Gasteiger partial charge >= 0.3 is 0 Å². The second-order valence-electron chi connectivity index (χ2n) is 4.53. The number of fused-ring (bicyclic) bond motifs is 1. The van der Waals surface area contributed by atoms with Gasteiger partial charge in [-0.15, -0.1) is 0 Å². The van der Waals surface area contributed by atoms with E-state index in [0.29, 0.717) is 6.42 Å². The molecule has 0 unspecified atom stereocenters. The van der Waals surface area contributed by atoms with Gasteiger partial charge in [0.2, 0.25) is 5.91 Å². The van der Waals surface area contributed by atoms with Crippen molar-refractivity contribution >= 4 is 24.2 Å². The van der Waals surface area contributed by atoms with E-state index >= 15 is 0 Å². The predicted molar refractivity (Wildman–Crippen MR) is 73.6 cm³/mol. The topological polar surface area (TPSA) is 32.3 Å². The van der Waals surface area contributed by atoms with E-state index in [9.17, 15) is 4.79 Å². The molecule has 1 aromatic rings. The number of hydrogen-bond donors (Lipinski definition) is 2. The third-order valence-corrected chi connectivity index (χ3v) is 3.26. The number of benzene rings is 1. The van der Waals surface area contributed by atoms with Crippen LogP contribution in [0.15, 0.2) is 18.2 Å². The zero-order chi connectivity index (χ0) is 12.3. The molecular formula is C13H18N2OS. The van der Waals surface area contributed by atoms with Gasteiger partial charge in [0.05, 0.1) is 6.42 Å². The number of nitrogens with one attached hydrogen (secondary N) is 1. The molecule has 3 nitrogen and oxygen atoms in total. The normalized spacial score (nSPS) is 13.9. The second kappa shape index (κ2) is 5.56. The molecule has 1 amide bonds. The Bertz CT molecular complexity index is 420. The van der Waals surface area contributed by atoms with E-state index in [1.807, 2.05) is 6.07 Å². The molecule has 0 aliphatic carbocycles. The number of hydrogen-bond acceptors (Lipinski definition) is 3. The first kappa shape index (κ1) is 12.5. The molecular weight excluding hydrogens is 232 g/mol. The van der Waals surface area contributed by atoms with Crippen LogP contribution in [0, 0.1) is 0 Å². The van der Waals surface area contributed by atoms with Crippen molar-refractivity contribution in [2.75, 3.05) is 24.7 Å². The molecule has 17 heavy (non-hydrogen) atoms. The molecule has 1 heterocycles. The van der Waals surface area contributed by atoms with Crippen molar-refractivity contribution in [3.8, 4) is 0 Å². The fourth-order valence-corrected chi connectivity index (χ4v) is 2.25. The SMILES string of the molecule is CN(CCCS)Cc1ccc2c(c1)CC(=O)N2. The summed E-state index contributed by atoms with van der Waals surface area (Å²) in [6, 6.07) is 6.22. The fourth-order valence-electron chi connectivity index (χ4n) is 2.11. The zero-order valence-electron chi connectivity index (χ0n) is 10.1. The lowest BCUT2D eigenvalue weighted by molar-refractivity contribution is -0.115. The van der Waals surface area contributed by atoms with E-state index in [1.165, 1.54) is 5.56 Å². The Balaban J connectivity index is 1.99. The van der Waals surface area contributed by atoms with E-state index in [-0.39, 0.29) is 5.91 Å². The molecule has 1 aliphatic rings. The molecule has 0 atom stereocenters. The standard InChI is InChI=1S/C13H18N2OS/c1-15(5-2-6-17)9-10-3-4-12-11(7-10)8-13(16)14-12/h3-4,7,17H,2,5-6,8-9H2,1H3,(H,14,16). The Hall–Kier alpha value is -1.00. The maximum Gasteiger partial charge on any atom is 0.228 e. The van der Waals surface area contributed by atoms with E-state index in [4.69, 9.17) is 0 Å². The largest absolute Gasteiger partial charge is 0.326 e. The molecule has 4 heteroatoms. The molecule has 1 aliphatic heterocycles. The van der Waals surface area contributed by atoms with E-state index < -0.39 is 0 Å². The molecule has 0 saturated heterocycles. The number of carbonyl (C=O) groups is 1. The Morgan fingerprint density at radius 2 is 2.29 bits per heavy atom. The van der Waals surface area contributed by atoms with Crippen LogP contribution in [0.4, 0.5) is 5.69 Å². The van der Waals surface area contributed by atoms with Crippen molar-refractivity contribution in [3.05, 3.63) is 29.3 Å². The first-order valence-corrected chi connectivity index (χ1v) is 6.53. The Labute approximate surface area is 108 Å². The minimum atomic E-state index is 0.0978. The summed E-state index contributed by atoms with van der Waals surface area (Å²) in [5.74, 6) is 1.02. The average Bonchev–Trinajstić information content (AvgIpc) is 2.65. The van der Waals surface area contributed by atoms with Crippen molar-refractivity contribution in [1.29, 1.82) is 0 Å². The summed E-state index contributed by atoms with van der Waals surface area (Å²) in [5, 5.41) is 2.85. The number of rotatable bonds is 5. The highest BCUT2D eigenvalue weighted by Crippen LogP contribution is 2.24. The Morgan fingerprint density at radius 3 is 3.06 bits per heavy atom.